The first-order valence-corrected chi connectivity index (χ1v) is 9.76. The quantitative estimate of drug-likeness (QED) is 0.660. The standard InChI is InChI=1S/C10H22N2O5S2/c1-17-10-3-4-12(9(7-10)8-11)19(15,16)6-5-18(2,13)14/h9-10H,3-8,11H2,1-2H3. The van der Waals surface area contributed by atoms with Crippen molar-refractivity contribution in [2.75, 3.05) is 38.0 Å². The van der Waals surface area contributed by atoms with Gasteiger partial charge in [0, 0.05) is 32.5 Å². The Kier molecular flexibility index (Phi) is 5.75. The molecule has 1 fully saturated rings. The maximum Gasteiger partial charge on any atom is 0.215 e. The van der Waals surface area contributed by atoms with Crippen LogP contribution < -0.4 is 5.73 Å². The molecule has 2 N–H and O–H groups in total. The minimum atomic E-state index is -3.59. The lowest BCUT2D eigenvalue weighted by Gasteiger charge is -2.37. The molecule has 0 aromatic heterocycles. The van der Waals surface area contributed by atoms with Gasteiger partial charge in [-0.05, 0) is 12.8 Å². The van der Waals surface area contributed by atoms with Gasteiger partial charge in [-0.25, -0.2) is 16.8 Å². The molecule has 0 bridgehead atoms. The zero-order chi connectivity index (χ0) is 14.7. The summed E-state index contributed by atoms with van der Waals surface area (Å²) in [5.41, 5.74) is 5.61. The molecule has 0 aromatic carbocycles. The normalized spacial score (nSPS) is 26.5. The van der Waals surface area contributed by atoms with Gasteiger partial charge in [-0.15, -0.1) is 0 Å². The number of nitrogens with zero attached hydrogens (tertiary/aromatic N) is 1. The highest BCUT2D eigenvalue weighted by molar-refractivity contribution is 7.93. The van der Waals surface area contributed by atoms with Gasteiger partial charge < -0.3 is 10.5 Å². The van der Waals surface area contributed by atoms with Gasteiger partial charge >= 0.3 is 0 Å². The summed E-state index contributed by atoms with van der Waals surface area (Å²) in [5, 5.41) is 0. The Morgan fingerprint density at radius 1 is 1.26 bits per heavy atom. The van der Waals surface area contributed by atoms with Crippen LogP contribution in [0, 0.1) is 0 Å². The van der Waals surface area contributed by atoms with E-state index in [1.54, 1.807) is 7.11 Å². The predicted molar refractivity (Wildman–Crippen MR) is 73.1 cm³/mol. The third-order valence-electron chi connectivity index (χ3n) is 3.29. The van der Waals surface area contributed by atoms with E-state index in [0.29, 0.717) is 19.4 Å². The maximum absolute atomic E-state index is 12.2. The van der Waals surface area contributed by atoms with Crippen LogP contribution in [0.1, 0.15) is 12.8 Å². The van der Waals surface area contributed by atoms with Crippen molar-refractivity contribution in [3.8, 4) is 0 Å². The molecule has 1 saturated heterocycles. The summed E-state index contributed by atoms with van der Waals surface area (Å²) in [4.78, 5) is 0. The van der Waals surface area contributed by atoms with Crippen molar-refractivity contribution >= 4 is 19.9 Å². The summed E-state index contributed by atoms with van der Waals surface area (Å²) >= 11 is 0. The van der Waals surface area contributed by atoms with Crippen LogP contribution in [0.5, 0.6) is 0 Å². The number of hydrogen-bond acceptors (Lipinski definition) is 6. The van der Waals surface area contributed by atoms with Gasteiger partial charge in [0.15, 0.2) is 0 Å². The number of sulfonamides is 1. The summed E-state index contributed by atoms with van der Waals surface area (Å²) in [7, 11) is -5.30. The van der Waals surface area contributed by atoms with Crippen molar-refractivity contribution in [1.29, 1.82) is 0 Å². The molecule has 1 aliphatic heterocycles. The van der Waals surface area contributed by atoms with E-state index in [9.17, 15) is 16.8 Å². The zero-order valence-corrected chi connectivity index (χ0v) is 12.9. The molecule has 1 aliphatic rings. The van der Waals surface area contributed by atoms with E-state index >= 15 is 0 Å². The predicted octanol–water partition coefficient (Wildman–Crippen LogP) is -1.20. The van der Waals surface area contributed by atoms with Gasteiger partial charge in [0.1, 0.15) is 9.84 Å². The summed E-state index contributed by atoms with van der Waals surface area (Å²) < 4.78 is 53.0. The molecule has 0 spiro atoms. The molecule has 1 heterocycles. The van der Waals surface area contributed by atoms with Crippen molar-refractivity contribution in [3.63, 3.8) is 0 Å². The topological polar surface area (TPSA) is 107 Å². The number of rotatable bonds is 6. The van der Waals surface area contributed by atoms with Crippen LogP contribution in [0.3, 0.4) is 0 Å². The lowest BCUT2D eigenvalue weighted by Crippen LogP contribution is -2.52. The Hall–Kier alpha value is -0.220. The summed E-state index contributed by atoms with van der Waals surface area (Å²) in [5.74, 6) is -0.753. The van der Waals surface area contributed by atoms with Crippen LogP contribution >= 0.6 is 0 Å². The monoisotopic (exact) mass is 314 g/mol. The molecule has 9 heteroatoms. The first-order valence-electron chi connectivity index (χ1n) is 6.09. The lowest BCUT2D eigenvalue weighted by atomic mass is 10.0. The van der Waals surface area contributed by atoms with Crippen molar-refractivity contribution in [2.24, 2.45) is 5.73 Å². The van der Waals surface area contributed by atoms with Gasteiger partial charge in [0.05, 0.1) is 17.6 Å². The fourth-order valence-corrected chi connectivity index (χ4v) is 5.46. The third-order valence-corrected chi connectivity index (χ3v) is 6.41. The average Bonchev–Trinajstić information content (AvgIpc) is 2.35. The molecular weight excluding hydrogens is 292 g/mol. The van der Waals surface area contributed by atoms with E-state index < -0.39 is 19.9 Å². The van der Waals surface area contributed by atoms with E-state index in [1.807, 2.05) is 0 Å². The third kappa shape index (κ3) is 4.99. The minimum Gasteiger partial charge on any atom is -0.381 e. The molecular formula is C10H22N2O5S2. The molecule has 2 unspecified atom stereocenters. The fraction of sp³-hybridized carbons (Fsp3) is 1.00. The number of sulfone groups is 1. The molecule has 19 heavy (non-hydrogen) atoms. The molecule has 2 atom stereocenters. The Morgan fingerprint density at radius 2 is 1.89 bits per heavy atom. The van der Waals surface area contributed by atoms with Crippen LogP contribution in [-0.4, -0.2) is 71.2 Å². The second kappa shape index (κ2) is 6.49. The van der Waals surface area contributed by atoms with E-state index in [-0.39, 0.29) is 30.2 Å². The molecule has 0 aliphatic carbocycles. The Bertz CT molecular complexity index is 488. The van der Waals surface area contributed by atoms with Crippen LogP contribution in [0.15, 0.2) is 0 Å². The first kappa shape index (κ1) is 16.8. The summed E-state index contributed by atoms with van der Waals surface area (Å²) in [6.07, 6.45) is 2.19. The van der Waals surface area contributed by atoms with Crippen molar-refractivity contribution < 1.29 is 21.6 Å². The van der Waals surface area contributed by atoms with Gasteiger partial charge in [0.2, 0.25) is 10.0 Å². The number of nitrogens with two attached hydrogens (primary N) is 1. The average molecular weight is 314 g/mol. The van der Waals surface area contributed by atoms with Crippen LogP contribution in [0.25, 0.3) is 0 Å². The molecule has 0 amide bonds. The number of methoxy groups -OCH3 is 1. The minimum absolute atomic E-state index is 0.00917. The molecule has 1 rings (SSSR count). The number of piperidine rings is 1. The van der Waals surface area contributed by atoms with Crippen LogP contribution in [-0.2, 0) is 24.6 Å². The second-order valence-electron chi connectivity index (χ2n) is 4.83. The summed E-state index contributed by atoms with van der Waals surface area (Å²) in [6.45, 7) is 0.532. The molecule has 7 nitrogen and oxygen atoms in total. The van der Waals surface area contributed by atoms with Gasteiger partial charge in [0.25, 0.3) is 0 Å². The Balaban J connectivity index is 2.77. The highest BCUT2D eigenvalue weighted by Gasteiger charge is 2.35. The largest absolute Gasteiger partial charge is 0.381 e. The molecule has 0 radical (unpaired) electrons. The highest BCUT2D eigenvalue weighted by atomic mass is 32.2. The van der Waals surface area contributed by atoms with Gasteiger partial charge in [-0.3, -0.25) is 0 Å². The van der Waals surface area contributed by atoms with Crippen LogP contribution in [0.2, 0.25) is 0 Å². The molecule has 0 saturated carbocycles. The zero-order valence-electron chi connectivity index (χ0n) is 11.3. The smallest absolute Gasteiger partial charge is 0.215 e. The second-order valence-corrected chi connectivity index (χ2v) is 9.13. The van der Waals surface area contributed by atoms with E-state index in [1.165, 1.54) is 4.31 Å². The van der Waals surface area contributed by atoms with Crippen molar-refractivity contribution in [1.82, 2.24) is 4.31 Å². The van der Waals surface area contributed by atoms with E-state index in [0.717, 1.165) is 6.26 Å². The highest BCUT2D eigenvalue weighted by Crippen LogP contribution is 2.22. The number of ether oxygens (including phenoxy) is 1. The van der Waals surface area contributed by atoms with E-state index in [4.69, 9.17) is 10.5 Å². The Morgan fingerprint density at radius 3 is 2.37 bits per heavy atom. The Labute approximate surface area is 115 Å². The van der Waals surface area contributed by atoms with E-state index in [2.05, 4.69) is 0 Å². The van der Waals surface area contributed by atoms with Gasteiger partial charge in [-0.1, -0.05) is 0 Å². The SMILES string of the molecule is COC1CCN(S(=O)(=O)CCS(C)(=O)=O)C(CN)C1. The van der Waals surface area contributed by atoms with Crippen molar-refractivity contribution in [2.45, 2.75) is 25.0 Å². The fourth-order valence-electron chi connectivity index (χ4n) is 2.16. The summed E-state index contributed by atoms with van der Waals surface area (Å²) in [6, 6.07) is -0.316. The lowest BCUT2D eigenvalue weighted by molar-refractivity contribution is 0.0402. The maximum atomic E-state index is 12.2. The van der Waals surface area contributed by atoms with Crippen LogP contribution in [0.4, 0.5) is 0 Å². The molecule has 114 valence electrons. The number of hydrogen-bond donors (Lipinski definition) is 1. The first-order chi connectivity index (χ1) is 8.69. The molecule has 0 aromatic rings. The van der Waals surface area contributed by atoms with Crippen molar-refractivity contribution in [3.05, 3.63) is 0 Å². The van der Waals surface area contributed by atoms with Gasteiger partial charge in [-0.2, -0.15) is 4.31 Å².